The van der Waals surface area contributed by atoms with E-state index in [0.717, 1.165) is 29.1 Å². The third-order valence-corrected chi connectivity index (χ3v) is 6.54. The highest BCUT2D eigenvalue weighted by molar-refractivity contribution is 8.14. The van der Waals surface area contributed by atoms with Crippen LogP contribution in [0.5, 0.6) is 11.5 Å². The topological polar surface area (TPSA) is 86.8 Å². The molecule has 31 heavy (non-hydrogen) atoms. The highest BCUT2D eigenvalue weighted by atomic mass is 32.2. The lowest BCUT2D eigenvalue weighted by Crippen LogP contribution is -2.17. The number of aliphatic imine (C=N–C) groups is 1. The van der Waals surface area contributed by atoms with Gasteiger partial charge in [-0.15, -0.1) is 11.3 Å². The Bertz CT molecular complexity index is 1120. The molecule has 2 atom stereocenters. The minimum atomic E-state index is -1.20. The second-order valence-electron chi connectivity index (χ2n) is 6.58. The maximum atomic E-state index is 14.4. The first-order valence-electron chi connectivity index (χ1n) is 9.14. The Morgan fingerprint density at radius 3 is 2.61 bits per heavy atom. The molecule has 10 heteroatoms. The van der Waals surface area contributed by atoms with Crippen molar-refractivity contribution in [1.29, 1.82) is 0 Å². The fourth-order valence-electron chi connectivity index (χ4n) is 3.18. The molecule has 160 valence electrons. The lowest BCUT2D eigenvalue weighted by Gasteiger charge is -2.16. The van der Waals surface area contributed by atoms with Crippen molar-refractivity contribution >= 4 is 34.0 Å². The van der Waals surface area contributed by atoms with Crippen LogP contribution in [0.4, 0.5) is 8.78 Å². The lowest BCUT2D eigenvalue weighted by molar-refractivity contribution is 0.0991. The first kappa shape index (κ1) is 21.3. The van der Waals surface area contributed by atoms with E-state index in [-0.39, 0.29) is 23.6 Å². The Balaban J connectivity index is 1.57. The van der Waals surface area contributed by atoms with E-state index in [1.807, 2.05) is 29.6 Å². The summed E-state index contributed by atoms with van der Waals surface area (Å²) in [7, 11) is 1.60. The van der Waals surface area contributed by atoms with Crippen LogP contribution in [-0.4, -0.2) is 29.7 Å². The number of carbonyl (C=O) groups is 1. The number of primary amides is 1. The SMILES string of the molecule is COc1ccc(C2N=C(COc3ccc(F)c(C(N)=O)c3F)SC2c2cscn2)cc1. The molecule has 1 amide bonds. The summed E-state index contributed by atoms with van der Waals surface area (Å²) < 4.78 is 38.9. The fourth-order valence-corrected chi connectivity index (χ4v) is 5.05. The highest BCUT2D eigenvalue weighted by Gasteiger charge is 2.34. The van der Waals surface area contributed by atoms with Gasteiger partial charge in [-0.3, -0.25) is 9.79 Å². The zero-order valence-electron chi connectivity index (χ0n) is 16.2. The van der Waals surface area contributed by atoms with Gasteiger partial charge in [0.2, 0.25) is 0 Å². The molecule has 0 saturated carbocycles. The molecule has 4 rings (SSSR count). The molecule has 0 spiro atoms. The van der Waals surface area contributed by atoms with Crippen molar-refractivity contribution in [3.8, 4) is 11.5 Å². The van der Waals surface area contributed by atoms with Crippen molar-refractivity contribution < 1.29 is 23.0 Å². The number of ether oxygens (including phenoxy) is 2. The second kappa shape index (κ2) is 9.03. The minimum absolute atomic E-state index is 0.0429. The van der Waals surface area contributed by atoms with Gasteiger partial charge in [0, 0.05) is 5.38 Å². The van der Waals surface area contributed by atoms with Gasteiger partial charge in [-0.05, 0) is 29.8 Å². The molecule has 0 aliphatic carbocycles. The standard InChI is InChI=1S/C21H17F2N3O3S2/c1-28-12-4-2-11(3-5-12)19-20(14-9-30-10-25-14)31-16(26-19)8-29-15-7-6-13(22)17(18(15)23)21(24)27/h2-7,9-10,19-20H,8H2,1H3,(H2,24,27). The lowest BCUT2D eigenvalue weighted by atomic mass is 10.0. The maximum absolute atomic E-state index is 14.4. The average molecular weight is 462 g/mol. The predicted octanol–water partition coefficient (Wildman–Crippen LogP) is 4.54. The molecular formula is C21H17F2N3O3S2. The van der Waals surface area contributed by atoms with Gasteiger partial charge < -0.3 is 15.2 Å². The van der Waals surface area contributed by atoms with Crippen molar-refractivity contribution in [2.45, 2.75) is 11.3 Å². The molecule has 2 aromatic carbocycles. The van der Waals surface area contributed by atoms with E-state index >= 15 is 0 Å². The van der Waals surface area contributed by atoms with Gasteiger partial charge in [0.15, 0.2) is 11.6 Å². The Morgan fingerprint density at radius 2 is 1.97 bits per heavy atom. The quantitative estimate of drug-likeness (QED) is 0.558. The van der Waals surface area contributed by atoms with Crippen molar-refractivity contribution in [2.75, 3.05) is 13.7 Å². The van der Waals surface area contributed by atoms with Gasteiger partial charge in [0.05, 0.1) is 29.6 Å². The number of amides is 1. The van der Waals surface area contributed by atoms with Gasteiger partial charge in [-0.2, -0.15) is 0 Å². The smallest absolute Gasteiger partial charge is 0.254 e. The molecule has 0 fully saturated rings. The highest BCUT2D eigenvalue weighted by Crippen LogP contribution is 2.48. The van der Waals surface area contributed by atoms with Crippen LogP contribution in [0.25, 0.3) is 0 Å². The van der Waals surface area contributed by atoms with Crippen LogP contribution >= 0.6 is 23.1 Å². The van der Waals surface area contributed by atoms with Crippen molar-refractivity contribution in [3.63, 3.8) is 0 Å². The van der Waals surface area contributed by atoms with Gasteiger partial charge in [0.25, 0.3) is 5.91 Å². The molecule has 6 nitrogen and oxygen atoms in total. The summed E-state index contributed by atoms with van der Waals surface area (Å²) >= 11 is 2.96. The zero-order chi connectivity index (χ0) is 22.0. The van der Waals surface area contributed by atoms with Crippen molar-refractivity contribution in [2.24, 2.45) is 10.7 Å². The molecule has 1 aromatic heterocycles. The summed E-state index contributed by atoms with van der Waals surface area (Å²) in [6.45, 7) is -0.0429. The van der Waals surface area contributed by atoms with Gasteiger partial charge in [-0.25, -0.2) is 13.8 Å². The van der Waals surface area contributed by atoms with E-state index in [1.54, 1.807) is 12.6 Å². The number of thiazole rings is 1. The molecule has 0 bridgehead atoms. The Hall–Kier alpha value is -2.98. The Labute approximate surface area is 185 Å². The number of hydrogen-bond donors (Lipinski definition) is 1. The van der Waals surface area contributed by atoms with Gasteiger partial charge in [-0.1, -0.05) is 23.9 Å². The van der Waals surface area contributed by atoms with Crippen LogP contribution < -0.4 is 15.2 Å². The molecule has 2 unspecified atom stereocenters. The van der Waals surface area contributed by atoms with Crippen LogP contribution in [0.2, 0.25) is 0 Å². The normalized spacial score (nSPS) is 18.0. The van der Waals surface area contributed by atoms with Crippen molar-refractivity contribution in [3.05, 3.63) is 75.7 Å². The molecule has 2 heterocycles. The van der Waals surface area contributed by atoms with Crippen LogP contribution in [-0.2, 0) is 0 Å². The first-order valence-corrected chi connectivity index (χ1v) is 11.0. The van der Waals surface area contributed by atoms with Crippen LogP contribution in [0.3, 0.4) is 0 Å². The number of benzene rings is 2. The van der Waals surface area contributed by atoms with Crippen LogP contribution in [0, 0.1) is 11.6 Å². The third-order valence-electron chi connectivity index (χ3n) is 4.69. The van der Waals surface area contributed by atoms with E-state index in [9.17, 15) is 13.6 Å². The summed E-state index contributed by atoms with van der Waals surface area (Å²) in [5, 5.41) is 2.52. The van der Waals surface area contributed by atoms with E-state index in [1.165, 1.54) is 23.1 Å². The van der Waals surface area contributed by atoms with Crippen LogP contribution in [0.1, 0.15) is 32.9 Å². The molecule has 3 aromatic rings. The van der Waals surface area contributed by atoms with Gasteiger partial charge in [0.1, 0.15) is 28.8 Å². The summed E-state index contributed by atoms with van der Waals surface area (Å²) in [6.07, 6.45) is 0. The van der Waals surface area contributed by atoms with E-state index < -0.39 is 23.1 Å². The fraction of sp³-hybridized carbons (Fsp3) is 0.190. The minimum Gasteiger partial charge on any atom is -0.497 e. The first-order chi connectivity index (χ1) is 15.0. The molecule has 1 aliphatic rings. The van der Waals surface area contributed by atoms with Crippen LogP contribution in [0.15, 0.2) is 52.3 Å². The molecule has 2 N–H and O–H groups in total. The number of nitrogens with zero attached hydrogens (tertiary/aromatic N) is 2. The number of halogens is 2. The monoisotopic (exact) mass is 461 g/mol. The summed E-state index contributed by atoms with van der Waals surface area (Å²) in [6, 6.07) is 9.46. The van der Waals surface area contributed by atoms with Crippen molar-refractivity contribution in [1.82, 2.24) is 4.98 Å². The summed E-state index contributed by atoms with van der Waals surface area (Å²) in [5.74, 6) is -2.89. The van der Waals surface area contributed by atoms with Gasteiger partial charge >= 0.3 is 0 Å². The summed E-state index contributed by atoms with van der Waals surface area (Å²) in [5.41, 5.74) is 7.86. The van der Waals surface area contributed by atoms with E-state index in [4.69, 9.17) is 20.2 Å². The molecule has 0 saturated heterocycles. The number of aromatic nitrogens is 1. The second-order valence-corrected chi connectivity index (χ2v) is 8.51. The number of nitrogens with two attached hydrogens (primary N) is 1. The Morgan fingerprint density at radius 1 is 1.19 bits per heavy atom. The number of hydrogen-bond acceptors (Lipinski definition) is 7. The Kier molecular flexibility index (Phi) is 6.19. The van der Waals surface area contributed by atoms with E-state index in [0.29, 0.717) is 5.04 Å². The number of rotatable bonds is 7. The third kappa shape index (κ3) is 4.40. The van der Waals surface area contributed by atoms with E-state index in [2.05, 4.69) is 4.98 Å². The molecule has 0 radical (unpaired) electrons. The maximum Gasteiger partial charge on any atom is 0.254 e. The number of thioether (sulfide) groups is 1. The zero-order valence-corrected chi connectivity index (χ0v) is 17.9. The number of carbonyl (C=O) groups excluding carboxylic acids is 1. The molecule has 1 aliphatic heterocycles. The average Bonchev–Trinajstić information content (AvgIpc) is 3.43. The largest absolute Gasteiger partial charge is 0.497 e. The predicted molar refractivity (Wildman–Crippen MR) is 116 cm³/mol. The molecular weight excluding hydrogens is 444 g/mol. The summed E-state index contributed by atoms with van der Waals surface area (Å²) in [4.78, 5) is 20.5. The number of methoxy groups -OCH3 is 1.